The molecule has 1 aromatic carbocycles. The third-order valence-corrected chi connectivity index (χ3v) is 6.56. The Labute approximate surface area is 172 Å². The largest absolute Gasteiger partial charge is 0.453 e. The van der Waals surface area contributed by atoms with Crippen molar-refractivity contribution in [2.45, 2.75) is 64.4 Å². The van der Waals surface area contributed by atoms with Crippen molar-refractivity contribution in [2.24, 2.45) is 0 Å². The van der Waals surface area contributed by atoms with E-state index in [1.54, 1.807) is 45.0 Å². The van der Waals surface area contributed by atoms with Gasteiger partial charge in [0.25, 0.3) is 5.89 Å². The second-order valence-electron chi connectivity index (χ2n) is 6.66. The Bertz CT molecular complexity index is 889. The summed E-state index contributed by atoms with van der Waals surface area (Å²) in [5.74, 6) is 0.505. The molecule has 1 aromatic heterocycles. The predicted molar refractivity (Wildman–Crippen MR) is 108 cm³/mol. The van der Waals surface area contributed by atoms with Crippen molar-refractivity contribution in [1.29, 1.82) is 0 Å². The van der Waals surface area contributed by atoms with Crippen LogP contribution in [0.5, 0.6) is 0 Å². The van der Waals surface area contributed by atoms with Crippen LogP contribution in [0.25, 0.3) is 0 Å². The molecule has 1 unspecified atom stereocenters. The molecule has 1 atom stereocenters. The van der Waals surface area contributed by atoms with E-state index in [4.69, 9.17) is 9.26 Å². The summed E-state index contributed by atoms with van der Waals surface area (Å²) in [6.07, 6.45) is 1.62. The van der Waals surface area contributed by atoms with Gasteiger partial charge in [0, 0.05) is 25.9 Å². The van der Waals surface area contributed by atoms with E-state index in [0.29, 0.717) is 31.8 Å². The zero-order chi connectivity index (χ0) is 21.4. The van der Waals surface area contributed by atoms with Crippen LogP contribution in [0.2, 0.25) is 0 Å². The standard InChI is InChI=1S/C20H29N3O5S/c1-5-8-18-21-20(28-22-18)15(4)27-19(24)14-11-16-9-12-17(13-10-16)29(25,26)23(6-2)7-3/h9-10,12-13,15H,5-8,11,14H2,1-4H3. The van der Waals surface area contributed by atoms with Crippen LogP contribution in [0, 0.1) is 0 Å². The van der Waals surface area contributed by atoms with Gasteiger partial charge in [0.1, 0.15) is 0 Å². The summed E-state index contributed by atoms with van der Waals surface area (Å²) in [5.41, 5.74) is 0.858. The lowest BCUT2D eigenvalue weighted by atomic mass is 10.1. The number of aromatic nitrogens is 2. The maximum absolute atomic E-state index is 12.5. The van der Waals surface area contributed by atoms with Crippen LogP contribution in [-0.4, -0.2) is 41.9 Å². The molecule has 0 aliphatic rings. The highest BCUT2D eigenvalue weighted by molar-refractivity contribution is 7.89. The van der Waals surface area contributed by atoms with E-state index >= 15 is 0 Å². The number of hydrogen-bond acceptors (Lipinski definition) is 7. The molecule has 0 aliphatic heterocycles. The van der Waals surface area contributed by atoms with Gasteiger partial charge in [-0.3, -0.25) is 4.79 Å². The number of carbonyl (C=O) groups is 1. The van der Waals surface area contributed by atoms with E-state index in [1.807, 2.05) is 6.92 Å². The van der Waals surface area contributed by atoms with E-state index < -0.39 is 16.1 Å². The first kappa shape index (κ1) is 23.0. The molecule has 0 fully saturated rings. The molecular formula is C20H29N3O5S. The topological polar surface area (TPSA) is 103 Å². The van der Waals surface area contributed by atoms with Gasteiger partial charge < -0.3 is 9.26 Å². The second kappa shape index (κ2) is 10.5. The summed E-state index contributed by atoms with van der Waals surface area (Å²) < 4.78 is 36.9. The van der Waals surface area contributed by atoms with E-state index in [9.17, 15) is 13.2 Å². The fraction of sp³-hybridized carbons (Fsp3) is 0.550. The normalized spacial score (nSPS) is 12.9. The number of ether oxygens (including phenoxy) is 1. The van der Waals surface area contributed by atoms with Crippen molar-refractivity contribution in [3.05, 3.63) is 41.5 Å². The Kier molecular flexibility index (Phi) is 8.33. The highest BCUT2D eigenvalue weighted by Gasteiger charge is 2.21. The molecular weight excluding hydrogens is 394 g/mol. The molecule has 0 amide bonds. The Morgan fingerprint density at radius 1 is 1.14 bits per heavy atom. The number of esters is 1. The van der Waals surface area contributed by atoms with Crippen molar-refractivity contribution in [1.82, 2.24) is 14.4 Å². The Morgan fingerprint density at radius 3 is 2.38 bits per heavy atom. The van der Waals surface area contributed by atoms with Gasteiger partial charge >= 0.3 is 5.97 Å². The number of sulfonamides is 1. The number of nitrogens with zero attached hydrogens (tertiary/aromatic N) is 3. The van der Waals surface area contributed by atoms with Gasteiger partial charge in [0.05, 0.1) is 4.90 Å². The summed E-state index contributed by atoms with van der Waals surface area (Å²) >= 11 is 0. The number of hydrogen-bond donors (Lipinski definition) is 0. The second-order valence-corrected chi connectivity index (χ2v) is 8.60. The minimum absolute atomic E-state index is 0.169. The molecule has 29 heavy (non-hydrogen) atoms. The molecule has 2 rings (SSSR count). The van der Waals surface area contributed by atoms with Crippen molar-refractivity contribution in [2.75, 3.05) is 13.1 Å². The van der Waals surface area contributed by atoms with Gasteiger partial charge in [0.2, 0.25) is 10.0 Å². The molecule has 0 saturated carbocycles. The predicted octanol–water partition coefficient (Wildman–Crippen LogP) is 3.29. The minimum Gasteiger partial charge on any atom is -0.453 e. The van der Waals surface area contributed by atoms with Crippen LogP contribution < -0.4 is 0 Å². The van der Waals surface area contributed by atoms with Crippen molar-refractivity contribution in [3.8, 4) is 0 Å². The van der Waals surface area contributed by atoms with Gasteiger partial charge in [-0.1, -0.05) is 38.1 Å². The highest BCUT2D eigenvalue weighted by atomic mass is 32.2. The first-order valence-corrected chi connectivity index (χ1v) is 11.4. The van der Waals surface area contributed by atoms with Crippen molar-refractivity contribution >= 4 is 16.0 Å². The lowest BCUT2D eigenvalue weighted by molar-refractivity contribution is -0.149. The third-order valence-electron chi connectivity index (χ3n) is 4.50. The summed E-state index contributed by atoms with van der Waals surface area (Å²) in [6.45, 7) is 8.16. The van der Waals surface area contributed by atoms with E-state index in [1.165, 1.54) is 4.31 Å². The van der Waals surface area contributed by atoms with Gasteiger partial charge in [-0.25, -0.2) is 8.42 Å². The molecule has 0 radical (unpaired) electrons. The Balaban J connectivity index is 1.90. The number of benzene rings is 1. The summed E-state index contributed by atoms with van der Waals surface area (Å²) in [6, 6.07) is 6.60. The third kappa shape index (κ3) is 6.11. The van der Waals surface area contributed by atoms with Crippen molar-refractivity contribution < 1.29 is 22.5 Å². The van der Waals surface area contributed by atoms with Gasteiger partial charge in [-0.15, -0.1) is 0 Å². The number of carbonyl (C=O) groups excluding carboxylic acids is 1. The zero-order valence-corrected chi connectivity index (χ0v) is 18.2. The molecule has 2 aromatic rings. The SMILES string of the molecule is CCCc1noc(C(C)OC(=O)CCc2ccc(S(=O)(=O)N(CC)CC)cc2)n1. The maximum atomic E-state index is 12.5. The lowest BCUT2D eigenvalue weighted by Gasteiger charge is -2.18. The molecule has 0 bridgehead atoms. The van der Waals surface area contributed by atoms with E-state index in [-0.39, 0.29) is 23.2 Å². The monoisotopic (exact) mass is 423 g/mol. The number of aryl methyl sites for hydroxylation is 2. The maximum Gasteiger partial charge on any atom is 0.306 e. The molecule has 0 aliphatic carbocycles. The first-order chi connectivity index (χ1) is 13.8. The van der Waals surface area contributed by atoms with Gasteiger partial charge in [0.15, 0.2) is 11.9 Å². The molecule has 0 N–H and O–H groups in total. The summed E-state index contributed by atoms with van der Waals surface area (Å²) in [7, 11) is -3.48. The Morgan fingerprint density at radius 2 is 1.79 bits per heavy atom. The molecule has 0 saturated heterocycles. The average molecular weight is 424 g/mol. The van der Waals surface area contributed by atoms with Crippen LogP contribution in [-0.2, 0) is 32.4 Å². The fourth-order valence-electron chi connectivity index (χ4n) is 2.85. The van der Waals surface area contributed by atoms with Crippen molar-refractivity contribution in [3.63, 3.8) is 0 Å². The van der Waals surface area contributed by atoms with Crippen LogP contribution in [0.1, 0.15) is 63.9 Å². The summed E-state index contributed by atoms with van der Waals surface area (Å²) in [5, 5.41) is 3.85. The lowest BCUT2D eigenvalue weighted by Crippen LogP contribution is -2.30. The molecule has 9 heteroatoms. The zero-order valence-electron chi connectivity index (χ0n) is 17.4. The average Bonchev–Trinajstić information content (AvgIpc) is 3.16. The summed E-state index contributed by atoms with van der Waals surface area (Å²) in [4.78, 5) is 16.6. The molecule has 8 nitrogen and oxygen atoms in total. The number of rotatable bonds is 11. The van der Waals surface area contributed by atoms with Crippen LogP contribution in [0.15, 0.2) is 33.7 Å². The van der Waals surface area contributed by atoms with Crippen LogP contribution in [0.4, 0.5) is 0 Å². The van der Waals surface area contributed by atoms with E-state index in [0.717, 1.165) is 12.0 Å². The quantitative estimate of drug-likeness (QED) is 0.511. The smallest absolute Gasteiger partial charge is 0.306 e. The van der Waals surface area contributed by atoms with Gasteiger partial charge in [-0.2, -0.15) is 9.29 Å². The molecule has 1 heterocycles. The molecule has 160 valence electrons. The fourth-order valence-corrected chi connectivity index (χ4v) is 4.31. The minimum atomic E-state index is -3.48. The first-order valence-electron chi connectivity index (χ1n) is 9.92. The Hall–Kier alpha value is -2.26. The van der Waals surface area contributed by atoms with Crippen LogP contribution >= 0.6 is 0 Å². The van der Waals surface area contributed by atoms with Gasteiger partial charge in [-0.05, 0) is 37.5 Å². The van der Waals surface area contributed by atoms with Crippen LogP contribution in [0.3, 0.4) is 0 Å². The molecule has 0 spiro atoms. The highest BCUT2D eigenvalue weighted by Crippen LogP contribution is 2.19. The van der Waals surface area contributed by atoms with E-state index in [2.05, 4.69) is 10.1 Å².